The maximum absolute atomic E-state index is 12.7. The summed E-state index contributed by atoms with van der Waals surface area (Å²) in [7, 11) is 1.59. The average Bonchev–Trinajstić information content (AvgIpc) is 3.31. The average molecular weight is 402 g/mol. The lowest BCUT2D eigenvalue weighted by Gasteiger charge is -2.17. The number of nitrogens with one attached hydrogen (secondary N) is 1. The Bertz CT molecular complexity index is 951. The van der Waals surface area contributed by atoms with Crippen molar-refractivity contribution in [1.82, 2.24) is 9.88 Å². The molecule has 8 heteroatoms. The van der Waals surface area contributed by atoms with E-state index in [0.717, 1.165) is 15.5 Å². The van der Waals surface area contributed by atoms with E-state index >= 15 is 0 Å². The second-order valence-corrected chi connectivity index (χ2v) is 7.86. The maximum Gasteiger partial charge on any atom is 0.273 e. The molecule has 0 fully saturated rings. The number of aryl methyl sites for hydroxylation is 1. The Hall–Kier alpha value is -2.58. The number of amides is 2. The first-order chi connectivity index (χ1) is 13.0. The Morgan fingerprint density at radius 1 is 1.26 bits per heavy atom. The predicted molar refractivity (Wildman–Crippen MR) is 108 cm³/mol. The van der Waals surface area contributed by atoms with Crippen molar-refractivity contribution in [2.75, 3.05) is 25.2 Å². The van der Waals surface area contributed by atoms with Gasteiger partial charge in [0, 0.05) is 16.8 Å². The van der Waals surface area contributed by atoms with Crippen LogP contribution in [0.1, 0.15) is 15.4 Å². The van der Waals surface area contributed by atoms with Crippen LogP contribution in [-0.4, -0.2) is 41.5 Å². The zero-order valence-electron chi connectivity index (χ0n) is 15.2. The molecule has 1 aromatic carbocycles. The van der Waals surface area contributed by atoms with Crippen LogP contribution in [0.2, 0.25) is 0 Å². The van der Waals surface area contributed by atoms with Crippen LogP contribution in [0.5, 0.6) is 0 Å². The summed E-state index contributed by atoms with van der Waals surface area (Å²) in [4.78, 5) is 32.6. The fourth-order valence-corrected chi connectivity index (χ4v) is 3.93. The lowest BCUT2D eigenvalue weighted by atomic mass is 10.3. The normalized spacial score (nSPS) is 10.6. The van der Waals surface area contributed by atoms with Crippen molar-refractivity contribution in [2.24, 2.45) is 0 Å². The van der Waals surface area contributed by atoms with Gasteiger partial charge in [-0.15, -0.1) is 23.1 Å². The molecule has 0 aliphatic carbocycles. The zero-order valence-corrected chi connectivity index (χ0v) is 16.8. The second-order valence-electron chi connectivity index (χ2n) is 5.81. The highest BCUT2D eigenvalue weighted by Gasteiger charge is 2.22. The lowest BCUT2D eigenvalue weighted by molar-refractivity contribution is -0.116. The van der Waals surface area contributed by atoms with Gasteiger partial charge < -0.3 is 14.6 Å². The minimum atomic E-state index is -0.296. The van der Waals surface area contributed by atoms with E-state index in [1.807, 2.05) is 37.4 Å². The number of aromatic nitrogens is 1. The number of thioether (sulfide) groups is 1. The molecular formula is C19H19N3O3S2. The van der Waals surface area contributed by atoms with Gasteiger partial charge in [0.2, 0.25) is 5.91 Å². The number of carbonyl (C=O) groups excluding carboxylic acids is 2. The topological polar surface area (TPSA) is 75.4 Å². The van der Waals surface area contributed by atoms with E-state index in [4.69, 9.17) is 4.42 Å². The van der Waals surface area contributed by atoms with Gasteiger partial charge in [0.05, 0.1) is 18.5 Å². The van der Waals surface area contributed by atoms with Crippen molar-refractivity contribution in [3.63, 3.8) is 0 Å². The molecule has 2 amide bonds. The molecule has 3 aromatic rings. The quantitative estimate of drug-likeness (QED) is 0.628. The second kappa shape index (κ2) is 8.41. The van der Waals surface area contributed by atoms with Crippen LogP contribution in [0.15, 0.2) is 52.0 Å². The largest absolute Gasteiger partial charge is 0.462 e. The van der Waals surface area contributed by atoms with Crippen LogP contribution in [0, 0.1) is 6.92 Å². The van der Waals surface area contributed by atoms with E-state index in [1.54, 1.807) is 37.2 Å². The highest BCUT2D eigenvalue weighted by atomic mass is 32.2. The Morgan fingerprint density at radius 3 is 2.74 bits per heavy atom. The highest BCUT2D eigenvalue weighted by molar-refractivity contribution is 7.98. The molecule has 0 unspecified atom stereocenters. The van der Waals surface area contributed by atoms with Crippen molar-refractivity contribution in [3.05, 3.63) is 53.2 Å². The minimum absolute atomic E-state index is 0.0609. The molecule has 0 aliphatic heterocycles. The molecule has 1 N–H and O–H groups in total. The molecule has 3 rings (SSSR count). The zero-order chi connectivity index (χ0) is 19.4. The molecule has 2 aromatic heterocycles. The SMILES string of the molecule is CSc1ccccc1NC(=O)CN(C)C(=O)c1nc(-c2ccco2)sc1C. The van der Waals surface area contributed by atoms with Crippen molar-refractivity contribution in [1.29, 1.82) is 0 Å². The first-order valence-electron chi connectivity index (χ1n) is 8.19. The summed E-state index contributed by atoms with van der Waals surface area (Å²) in [6.07, 6.45) is 3.51. The van der Waals surface area contributed by atoms with E-state index in [9.17, 15) is 9.59 Å². The third-order valence-corrected chi connectivity index (χ3v) is 5.62. The van der Waals surface area contributed by atoms with Gasteiger partial charge in [0.1, 0.15) is 5.69 Å². The summed E-state index contributed by atoms with van der Waals surface area (Å²) in [6.45, 7) is 1.77. The van der Waals surface area contributed by atoms with Gasteiger partial charge in [-0.25, -0.2) is 4.98 Å². The molecular weight excluding hydrogens is 382 g/mol. The summed E-state index contributed by atoms with van der Waals surface area (Å²) in [5.41, 5.74) is 1.08. The Morgan fingerprint density at radius 2 is 2.04 bits per heavy atom. The van der Waals surface area contributed by atoms with Crippen molar-refractivity contribution < 1.29 is 14.0 Å². The number of rotatable bonds is 6. The first-order valence-corrected chi connectivity index (χ1v) is 10.2. The van der Waals surface area contributed by atoms with E-state index in [1.165, 1.54) is 16.2 Å². The Kier molecular flexibility index (Phi) is 5.98. The summed E-state index contributed by atoms with van der Waals surface area (Å²) in [6, 6.07) is 11.1. The van der Waals surface area contributed by atoms with E-state index in [-0.39, 0.29) is 18.4 Å². The van der Waals surface area contributed by atoms with Gasteiger partial charge in [-0.3, -0.25) is 9.59 Å². The molecule has 0 radical (unpaired) electrons. The van der Waals surface area contributed by atoms with Crippen LogP contribution in [0.3, 0.4) is 0 Å². The standard InChI is InChI=1S/C19H19N3O3S2/c1-12-17(21-18(27-12)14-8-6-10-25-14)19(24)22(2)11-16(23)20-13-7-4-5-9-15(13)26-3/h4-10H,11H2,1-3H3,(H,20,23). The summed E-state index contributed by atoms with van der Waals surface area (Å²) < 4.78 is 5.34. The molecule has 0 aliphatic rings. The molecule has 2 heterocycles. The van der Waals surface area contributed by atoms with Crippen molar-refractivity contribution in [2.45, 2.75) is 11.8 Å². The molecule has 27 heavy (non-hydrogen) atoms. The van der Waals surface area contributed by atoms with Gasteiger partial charge in [0.15, 0.2) is 10.8 Å². The fraction of sp³-hybridized carbons (Fsp3) is 0.211. The van der Waals surface area contributed by atoms with Gasteiger partial charge in [-0.1, -0.05) is 12.1 Å². The van der Waals surface area contributed by atoms with Gasteiger partial charge in [-0.2, -0.15) is 0 Å². The van der Waals surface area contributed by atoms with Crippen LogP contribution >= 0.6 is 23.1 Å². The molecule has 6 nitrogen and oxygen atoms in total. The minimum Gasteiger partial charge on any atom is -0.462 e. The van der Waals surface area contributed by atoms with E-state index < -0.39 is 0 Å². The molecule has 0 bridgehead atoms. The molecule has 140 valence electrons. The highest BCUT2D eigenvalue weighted by Crippen LogP contribution is 2.28. The number of furan rings is 1. The summed E-state index contributed by atoms with van der Waals surface area (Å²) in [5, 5.41) is 3.50. The number of likely N-dealkylation sites (N-methyl/N-ethyl adjacent to an activating group) is 1. The first kappa shape index (κ1) is 19.2. The molecule has 0 atom stereocenters. The van der Waals surface area contributed by atoms with Crippen LogP contribution in [0.25, 0.3) is 10.8 Å². The van der Waals surface area contributed by atoms with Crippen molar-refractivity contribution >= 4 is 40.6 Å². The van der Waals surface area contributed by atoms with Gasteiger partial charge >= 0.3 is 0 Å². The van der Waals surface area contributed by atoms with Gasteiger partial charge in [-0.05, 0) is 37.4 Å². The van der Waals surface area contributed by atoms with Crippen LogP contribution in [0.4, 0.5) is 5.69 Å². The Labute approximate surface area is 165 Å². The number of anilines is 1. The van der Waals surface area contributed by atoms with Gasteiger partial charge in [0.25, 0.3) is 5.91 Å². The Balaban J connectivity index is 1.68. The third kappa shape index (κ3) is 4.40. The number of benzene rings is 1. The number of hydrogen-bond acceptors (Lipinski definition) is 6. The number of thiazole rings is 1. The van der Waals surface area contributed by atoms with E-state index in [2.05, 4.69) is 10.3 Å². The predicted octanol–water partition coefficient (Wildman–Crippen LogP) is 4.14. The number of para-hydroxylation sites is 1. The summed E-state index contributed by atoms with van der Waals surface area (Å²) in [5.74, 6) is 0.0672. The van der Waals surface area contributed by atoms with Crippen LogP contribution < -0.4 is 5.32 Å². The fourth-order valence-electron chi connectivity index (χ4n) is 2.51. The molecule has 0 saturated carbocycles. The smallest absolute Gasteiger partial charge is 0.273 e. The monoisotopic (exact) mass is 401 g/mol. The number of hydrogen-bond donors (Lipinski definition) is 1. The maximum atomic E-state index is 12.7. The van der Waals surface area contributed by atoms with Crippen LogP contribution in [-0.2, 0) is 4.79 Å². The molecule has 0 spiro atoms. The van der Waals surface area contributed by atoms with E-state index in [0.29, 0.717) is 16.5 Å². The van der Waals surface area contributed by atoms with Crippen molar-refractivity contribution in [3.8, 4) is 10.8 Å². The third-order valence-electron chi connectivity index (χ3n) is 3.84. The summed E-state index contributed by atoms with van der Waals surface area (Å²) >= 11 is 2.94. The number of carbonyl (C=O) groups is 2. The molecule has 0 saturated heterocycles. The lowest BCUT2D eigenvalue weighted by Crippen LogP contribution is -2.35. The number of nitrogens with zero attached hydrogens (tertiary/aromatic N) is 2.